The van der Waals surface area contributed by atoms with Crippen molar-refractivity contribution in [1.82, 2.24) is 0 Å². The van der Waals surface area contributed by atoms with Gasteiger partial charge in [-0.1, -0.05) is 29.9 Å². The van der Waals surface area contributed by atoms with Gasteiger partial charge in [-0.25, -0.2) is 8.42 Å². The topological polar surface area (TPSA) is 81.4 Å². The molecule has 112 valence electrons. The highest BCUT2D eigenvalue weighted by molar-refractivity contribution is 7.92. The zero-order chi connectivity index (χ0) is 15.3. The molecule has 0 aliphatic rings. The van der Waals surface area contributed by atoms with Crippen LogP contribution in [0.5, 0.6) is 0 Å². The van der Waals surface area contributed by atoms with Gasteiger partial charge in [0.1, 0.15) is 4.99 Å². The summed E-state index contributed by atoms with van der Waals surface area (Å²) in [7, 11) is -3.54. The molecule has 0 amide bonds. The predicted octanol–water partition coefficient (Wildman–Crippen LogP) is 2.14. The van der Waals surface area contributed by atoms with E-state index in [1.54, 1.807) is 12.1 Å². The molecule has 0 unspecified atom stereocenters. The van der Waals surface area contributed by atoms with Crippen molar-refractivity contribution in [2.75, 3.05) is 17.1 Å². The van der Waals surface area contributed by atoms with E-state index in [0.29, 0.717) is 5.56 Å². The van der Waals surface area contributed by atoms with E-state index in [9.17, 15) is 8.42 Å². The molecule has 1 rings (SSSR count). The summed E-state index contributed by atoms with van der Waals surface area (Å²) in [6.45, 7) is 3.78. The van der Waals surface area contributed by atoms with Crippen molar-refractivity contribution in [3.63, 3.8) is 0 Å². The Morgan fingerprint density at radius 1 is 1.50 bits per heavy atom. The lowest BCUT2D eigenvalue weighted by Gasteiger charge is -2.12. The largest absolute Gasteiger partial charge is 0.389 e. The number of hydrogen-bond acceptors (Lipinski definition) is 4. The monoisotopic (exact) mass is 336 g/mol. The van der Waals surface area contributed by atoms with Gasteiger partial charge in [0, 0.05) is 5.56 Å². The zero-order valence-electron chi connectivity index (χ0n) is 11.2. The molecule has 0 radical (unpaired) electrons. The number of nitrogens with two attached hydrogens (primary N) is 1. The van der Waals surface area contributed by atoms with Gasteiger partial charge in [0.25, 0.3) is 0 Å². The van der Waals surface area contributed by atoms with Crippen molar-refractivity contribution >= 4 is 44.5 Å². The Labute approximate surface area is 129 Å². The van der Waals surface area contributed by atoms with E-state index >= 15 is 0 Å². The summed E-state index contributed by atoms with van der Waals surface area (Å²) in [4.78, 5) is 0.172. The van der Waals surface area contributed by atoms with Gasteiger partial charge >= 0.3 is 0 Å². The highest BCUT2D eigenvalue weighted by atomic mass is 35.5. The molecule has 0 saturated carbocycles. The summed E-state index contributed by atoms with van der Waals surface area (Å²) < 4.78 is 31.4. The fourth-order valence-corrected chi connectivity index (χ4v) is 2.64. The van der Waals surface area contributed by atoms with E-state index in [1.807, 2.05) is 13.8 Å². The smallest absolute Gasteiger partial charge is 0.235 e. The molecule has 0 heterocycles. The minimum atomic E-state index is -3.54. The van der Waals surface area contributed by atoms with Gasteiger partial charge in [-0.2, -0.15) is 0 Å². The van der Waals surface area contributed by atoms with Gasteiger partial charge in [0.2, 0.25) is 10.0 Å². The molecular formula is C12H17ClN2O3S2. The standard InChI is InChI=1S/C12H17ClN2O3S2/c1-8(2)18-5-6-20(16,17)15-11-7-9(12(14)19)3-4-10(11)13/h3-4,7-8,15H,5-6H2,1-2H3,(H2,14,19). The molecule has 0 aliphatic heterocycles. The highest BCUT2D eigenvalue weighted by Gasteiger charge is 2.14. The maximum absolute atomic E-state index is 11.9. The summed E-state index contributed by atoms with van der Waals surface area (Å²) in [5.74, 6) is -0.154. The molecule has 1 aromatic rings. The maximum Gasteiger partial charge on any atom is 0.235 e. The second kappa shape index (κ2) is 7.21. The molecule has 3 N–H and O–H groups in total. The first kappa shape index (κ1) is 17.2. The van der Waals surface area contributed by atoms with Crippen molar-refractivity contribution in [3.05, 3.63) is 28.8 Å². The third-order valence-electron chi connectivity index (χ3n) is 2.32. The Bertz CT molecular complexity index is 588. The molecule has 1 aromatic carbocycles. The molecule has 0 aliphatic carbocycles. The Morgan fingerprint density at radius 3 is 2.70 bits per heavy atom. The van der Waals surface area contributed by atoms with Gasteiger partial charge in [-0.15, -0.1) is 0 Å². The lowest BCUT2D eigenvalue weighted by Crippen LogP contribution is -2.22. The minimum Gasteiger partial charge on any atom is -0.389 e. The Morgan fingerprint density at radius 2 is 2.15 bits per heavy atom. The van der Waals surface area contributed by atoms with E-state index in [0.717, 1.165) is 0 Å². The number of sulfonamides is 1. The van der Waals surface area contributed by atoms with Crippen molar-refractivity contribution in [1.29, 1.82) is 0 Å². The molecule has 20 heavy (non-hydrogen) atoms. The van der Waals surface area contributed by atoms with Gasteiger partial charge in [0.05, 0.1) is 29.2 Å². The van der Waals surface area contributed by atoms with E-state index in [1.165, 1.54) is 6.07 Å². The van der Waals surface area contributed by atoms with Crippen LogP contribution in [0.2, 0.25) is 5.02 Å². The summed E-state index contributed by atoms with van der Waals surface area (Å²) in [6, 6.07) is 4.67. The Kier molecular flexibility index (Phi) is 6.19. The third-order valence-corrected chi connectivity index (χ3v) is 4.12. The number of anilines is 1. The van der Waals surface area contributed by atoms with Gasteiger partial charge < -0.3 is 10.5 Å². The normalized spacial score (nSPS) is 11.6. The molecule has 0 bridgehead atoms. The number of thiocarbonyl (C=S) groups is 1. The quantitative estimate of drug-likeness (QED) is 0.745. The zero-order valence-corrected chi connectivity index (χ0v) is 13.6. The number of ether oxygens (including phenoxy) is 1. The van der Waals surface area contributed by atoms with E-state index in [4.69, 9.17) is 34.3 Å². The second-order valence-electron chi connectivity index (χ2n) is 4.40. The molecule has 8 heteroatoms. The van der Waals surface area contributed by atoms with Crippen LogP contribution in [0.15, 0.2) is 18.2 Å². The number of halogens is 1. The SMILES string of the molecule is CC(C)OCCS(=O)(=O)Nc1cc(C(N)=S)ccc1Cl. The molecule has 5 nitrogen and oxygen atoms in total. The third kappa shape index (κ3) is 5.62. The van der Waals surface area contributed by atoms with Crippen molar-refractivity contribution in [3.8, 4) is 0 Å². The first-order chi connectivity index (χ1) is 9.21. The van der Waals surface area contributed by atoms with Crippen molar-refractivity contribution in [2.24, 2.45) is 5.73 Å². The van der Waals surface area contributed by atoms with Crippen LogP contribution < -0.4 is 10.5 Å². The molecule has 0 spiro atoms. The number of hydrogen-bond donors (Lipinski definition) is 2. The van der Waals surface area contributed by atoms with Crippen LogP contribution in [0.1, 0.15) is 19.4 Å². The van der Waals surface area contributed by atoms with Crippen molar-refractivity contribution < 1.29 is 13.2 Å². The Balaban J connectivity index is 2.81. The van der Waals surface area contributed by atoms with Crippen LogP contribution in [0.25, 0.3) is 0 Å². The fraction of sp³-hybridized carbons (Fsp3) is 0.417. The summed E-state index contributed by atoms with van der Waals surface area (Å²) in [6.07, 6.45) is -0.0215. The summed E-state index contributed by atoms with van der Waals surface area (Å²) >= 11 is 10.8. The van der Waals surface area contributed by atoms with E-state index in [2.05, 4.69) is 4.72 Å². The molecular weight excluding hydrogens is 320 g/mol. The first-order valence-electron chi connectivity index (χ1n) is 5.93. The van der Waals surface area contributed by atoms with E-state index < -0.39 is 10.0 Å². The lowest BCUT2D eigenvalue weighted by atomic mass is 10.2. The molecule has 0 aromatic heterocycles. The summed E-state index contributed by atoms with van der Waals surface area (Å²) in [5, 5.41) is 0.276. The lowest BCUT2D eigenvalue weighted by molar-refractivity contribution is 0.0913. The number of rotatable bonds is 7. The number of benzene rings is 1. The second-order valence-corrected chi connectivity index (χ2v) is 7.09. The van der Waals surface area contributed by atoms with Crippen LogP contribution in [0.4, 0.5) is 5.69 Å². The van der Waals surface area contributed by atoms with Crippen LogP contribution in [-0.4, -0.2) is 31.9 Å². The van der Waals surface area contributed by atoms with Crippen LogP contribution in [0.3, 0.4) is 0 Å². The highest BCUT2D eigenvalue weighted by Crippen LogP contribution is 2.24. The minimum absolute atomic E-state index is 0.0215. The average molecular weight is 337 g/mol. The number of nitrogens with one attached hydrogen (secondary N) is 1. The van der Waals surface area contributed by atoms with Crippen LogP contribution in [-0.2, 0) is 14.8 Å². The van der Waals surface area contributed by atoms with Gasteiger partial charge in [0.15, 0.2) is 0 Å². The maximum atomic E-state index is 11.9. The fourth-order valence-electron chi connectivity index (χ4n) is 1.37. The summed E-state index contributed by atoms with van der Waals surface area (Å²) in [5.41, 5.74) is 6.29. The molecule has 0 atom stereocenters. The first-order valence-corrected chi connectivity index (χ1v) is 8.36. The predicted molar refractivity (Wildman–Crippen MR) is 85.8 cm³/mol. The van der Waals surface area contributed by atoms with Crippen LogP contribution in [0, 0.1) is 0 Å². The van der Waals surface area contributed by atoms with Gasteiger partial charge in [-0.05, 0) is 26.0 Å². The Hall–Kier alpha value is -0.890. The molecule has 0 saturated heterocycles. The van der Waals surface area contributed by atoms with Gasteiger partial charge in [-0.3, -0.25) is 4.72 Å². The molecule has 0 fully saturated rings. The van der Waals surface area contributed by atoms with Crippen LogP contribution >= 0.6 is 23.8 Å². The van der Waals surface area contributed by atoms with Crippen molar-refractivity contribution in [2.45, 2.75) is 20.0 Å². The average Bonchev–Trinajstić information content (AvgIpc) is 2.30. The van der Waals surface area contributed by atoms with E-state index in [-0.39, 0.29) is 34.2 Å².